The van der Waals surface area contributed by atoms with Gasteiger partial charge in [-0.3, -0.25) is 4.79 Å². The number of hydrogen-bond acceptors (Lipinski definition) is 2. The first-order valence-electron chi connectivity index (χ1n) is 5.82. The summed E-state index contributed by atoms with van der Waals surface area (Å²) >= 11 is 0. The molecule has 0 rings (SSSR count). The van der Waals surface area contributed by atoms with Gasteiger partial charge in [-0.15, -0.1) is 0 Å². The van der Waals surface area contributed by atoms with Crippen molar-refractivity contribution in [3.05, 3.63) is 0 Å². The van der Waals surface area contributed by atoms with Crippen molar-refractivity contribution < 1.29 is 9.53 Å². The minimum Gasteiger partial charge on any atom is -0.466 e. The first-order chi connectivity index (χ1) is 6.66. The first-order valence-corrected chi connectivity index (χ1v) is 5.82. The molecule has 84 valence electrons. The number of hydrogen-bond donors (Lipinski definition) is 0. The van der Waals surface area contributed by atoms with Gasteiger partial charge in [0.15, 0.2) is 0 Å². The third-order valence-corrected chi connectivity index (χ3v) is 2.09. The number of rotatable bonds is 8. The zero-order chi connectivity index (χ0) is 10.8. The molecule has 0 atom stereocenters. The molecule has 0 N–H and O–H groups in total. The topological polar surface area (TPSA) is 26.3 Å². The summed E-state index contributed by atoms with van der Waals surface area (Å²) in [4.78, 5) is 11.1. The number of carbonyl (C=O) groups is 1. The summed E-state index contributed by atoms with van der Waals surface area (Å²) in [5.74, 6) is 0.359. The van der Waals surface area contributed by atoms with Gasteiger partial charge in [0.05, 0.1) is 6.61 Å². The monoisotopic (exact) mass is 200 g/mol. The van der Waals surface area contributed by atoms with Gasteiger partial charge in [0.1, 0.15) is 0 Å². The lowest BCUT2D eigenvalue weighted by atomic mass is 10.1. The van der Waals surface area contributed by atoms with Crippen LogP contribution in [0.3, 0.4) is 0 Å². The van der Waals surface area contributed by atoms with Gasteiger partial charge in [0.2, 0.25) is 0 Å². The lowest BCUT2D eigenvalue weighted by Gasteiger charge is -2.06. The van der Waals surface area contributed by atoms with Gasteiger partial charge >= 0.3 is 5.97 Å². The third kappa shape index (κ3) is 9.56. The van der Waals surface area contributed by atoms with Crippen molar-refractivity contribution >= 4 is 5.97 Å². The van der Waals surface area contributed by atoms with Crippen LogP contribution in [0.2, 0.25) is 0 Å². The molecule has 0 amide bonds. The summed E-state index contributed by atoms with van der Waals surface area (Å²) in [7, 11) is 0. The largest absolute Gasteiger partial charge is 0.466 e. The smallest absolute Gasteiger partial charge is 0.306 e. The van der Waals surface area contributed by atoms with E-state index in [1.165, 1.54) is 25.7 Å². The average Bonchev–Trinajstić information content (AvgIpc) is 2.10. The lowest BCUT2D eigenvalue weighted by molar-refractivity contribution is -0.144. The van der Waals surface area contributed by atoms with Gasteiger partial charge in [0, 0.05) is 6.42 Å². The Morgan fingerprint density at radius 3 is 2.36 bits per heavy atom. The minimum atomic E-state index is -0.0458. The molecule has 2 nitrogen and oxygen atoms in total. The maximum atomic E-state index is 11.1. The van der Waals surface area contributed by atoms with E-state index < -0.39 is 0 Å². The van der Waals surface area contributed by atoms with E-state index >= 15 is 0 Å². The van der Waals surface area contributed by atoms with Gasteiger partial charge in [0.25, 0.3) is 0 Å². The number of carbonyl (C=O) groups excluding carboxylic acids is 1. The van der Waals surface area contributed by atoms with Crippen molar-refractivity contribution in [2.45, 2.75) is 59.3 Å². The zero-order valence-electron chi connectivity index (χ0n) is 9.84. The summed E-state index contributed by atoms with van der Waals surface area (Å²) in [6.07, 6.45) is 6.56. The molecule has 2 heteroatoms. The highest BCUT2D eigenvalue weighted by atomic mass is 16.5. The summed E-state index contributed by atoms with van der Waals surface area (Å²) in [5, 5.41) is 0. The Hall–Kier alpha value is -0.530. The van der Waals surface area contributed by atoms with Gasteiger partial charge in [-0.1, -0.05) is 46.5 Å². The predicted molar refractivity (Wildman–Crippen MR) is 59.2 cm³/mol. The standard InChI is InChI=1S/C12H24O2/c1-4-5-6-7-8-9-14-12(13)10-11(2)3/h11H,4-10H2,1-3H3. The number of ether oxygens (including phenoxy) is 1. The highest BCUT2D eigenvalue weighted by Gasteiger charge is 2.04. The Morgan fingerprint density at radius 1 is 1.14 bits per heavy atom. The quantitative estimate of drug-likeness (QED) is 0.442. The predicted octanol–water partition coefficient (Wildman–Crippen LogP) is 3.55. The molecule has 0 aromatic heterocycles. The summed E-state index contributed by atoms with van der Waals surface area (Å²) in [6, 6.07) is 0. The summed E-state index contributed by atoms with van der Waals surface area (Å²) in [5.41, 5.74) is 0. The maximum Gasteiger partial charge on any atom is 0.306 e. The van der Waals surface area contributed by atoms with Crippen LogP contribution < -0.4 is 0 Å². The van der Waals surface area contributed by atoms with E-state index in [9.17, 15) is 4.79 Å². The van der Waals surface area contributed by atoms with Crippen LogP contribution >= 0.6 is 0 Å². The molecule has 0 saturated heterocycles. The van der Waals surface area contributed by atoms with Crippen molar-refractivity contribution in [3.63, 3.8) is 0 Å². The molecule has 0 bridgehead atoms. The Bertz CT molecular complexity index is 141. The van der Waals surface area contributed by atoms with Crippen molar-refractivity contribution in [2.24, 2.45) is 5.92 Å². The molecule has 0 aliphatic carbocycles. The number of unbranched alkanes of at least 4 members (excludes halogenated alkanes) is 4. The third-order valence-electron chi connectivity index (χ3n) is 2.09. The number of esters is 1. The molecular weight excluding hydrogens is 176 g/mol. The first kappa shape index (κ1) is 13.5. The van der Waals surface area contributed by atoms with Crippen LogP contribution in [0.1, 0.15) is 59.3 Å². The molecule has 0 aliphatic rings. The molecule has 0 aromatic carbocycles. The molecule has 0 fully saturated rings. The van der Waals surface area contributed by atoms with Crippen LogP contribution in [0.15, 0.2) is 0 Å². The van der Waals surface area contributed by atoms with E-state index in [1.807, 2.05) is 13.8 Å². The van der Waals surface area contributed by atoms with Gasteiger partial charge in [-0.2, -0.15) is 0 Å². The molecule has 0 spiro atoms. The lowest BCUT2D eigenvalue weighted by Crippen LogP contribution is -2.08. The molecule has 14 heavy (non-hydrogen) atoms. The summed E-state index contributed by atoms with van der Waals surface area (Å²) in [6.45, 7) is 6.86. The Kier molecular flexibility index (Phi) is 8.70. The van der Waals surface area contributed by atoms with Crippen LogP contribution in [-0.2, 0) is 9.53 Å². The van der Waals surface area contributed by atoms with E-state index in [-0.39, 0.29) is 5.97 Å². The van der Waals surface area contributed by atoms with Crippen LogP contribution in [0.4, 0.5) is 0 Å². The summed E-state index contributed by atoms with van der Waals surface area (Å²) < 4.78 is 5.09. The SMILES string of the molecule is CCCCCCCOC(=O)CC(C)C. The van der Waals surface area contributed by atoms with Crippen LogP contribution in [0.25, 0.3) is 0 Å². The minimum absolute atomic E-state index is 0.0458. The van der Waals surface area contributed by atoms with Gasteiger partial charge < -0.3 is 4.74 Å². The van der Waals surface area contributed by atoms with E-state index in [2.05, 4.69) is 6.92 Å². The molecule has 0 heterocycles. The Morgan fingerprint density at radius 2 is 1.79 bits per heavy atom. The fourth-order valence-electron chi connectivity index (χ4n) is 1.28. The van der Waals surface area contributed by atoms with Crippen molar-refractivity contribution in [1.29, 1.82) is 0 Å². The molecule has 0 aromatic rings. The molecular formula is C12H24O2. The fourth-order valence-corrected chi connectivity index (χ4v) is 1.28. The maximum absolute atomic E-state index is 11.1. The Labute approximate surface area is 88.0 Å². The van der Waals surface area contributed by atoms with Gasteiger partial charge in [-0.05, 0) is 12.3 Å². The van der Waals surface area contributed by atoms with Crippen LogP contribution in [-0.4, -0.2) is 12.6 Å². The van der Waals surface area contributed by atoms with E-state index in [4.69, 9.17) is 4.74 Å². The van der Waals surface area contributed by atoms with Crippen molar-refractivity contribution in [1.82, 2.24) is 0 Å². The second kappa shape index (κ2) is 9.04. The highest BCUT2D eigenvalue weighted by Crippen LogP contribution is 2.04. The van der Waals surface area contributed by atoms with Crippen LogP contribution in [0, 0.1) is 5.92 Å². The molecule has 0 radical (unpaired) electrons. The van der Waals surface area contributed by atoms with E-state index in [1.54, 1.807) is 0 Å². The zero-order valence-corrected chi connectivity index (χ0v) is 9.84. The fraction of sp³-hybridized carbons (Fsp3) is 0.917. The second-order valence-corrected chi connectivity index (χ2v) is 4.23. The van der Waals surface area contributed by atoms with E-state index in [0.29, 0.717) is 18.9 Å². The normalized spacial score (nSPS) is 10.6. The molecule has 0 unspecified atom stereocenters. The Balaban J connectivity index is 3.15. The van der Waals surface area contributed by atoms with Crippen molar-refractivity contribution in [3.8, 4) is 0 Å². The average molecular weight is 200 g/mol. The van der Waals surface area contributed by atoms with Crippen molar-refractivity contribution in [2.75, 3.05) is 6.61 Å². The second-order valence-electron chi connectivity index (χ2n) is 4.23. The highest BCUT2D eigenvalue weighted by molar-refractivity contribution is 5.69. The van der Waals surface area contributed by atoms with Crippen LogP contribution in [0.5, 0.6) is 0 Å². The molecule has 0 aliphatic heterocycles. The van der Waals surface area contributed by atoms with E-state index in [0.717, 1.165) is 6.42 Å². The molecule has 0 saturated carbocycles. The van der Waals surface area contributed by atoms with Gasteiger partial charge in [-0.25, -0.2) is 0 Å².